The quantitative estimate of drug-likeness (QED) is 0.354. The Kier molecular flexibility index (Phi) is 8.44. The van der Waals surface area contributed by atoms with Crippen molar-refractivity contribution in [3.8, 4) is 0 Å². The van der Waals surface area contributed by atoms with E-state index in [2.05, 4.69) is 32.7 Å². The highest BCUT2D eigenvalue weighted by Crippen LogP contribution is 2.19. The van der Waals surface area contributed by atoms with Crippen molar-refractivity contribution in [2.45, 2.75) is 71.1 Å². The molecule has 16 heavy (non-hydrogen) atoms. The minimum atomic E-state index is -0.761. The number of rotatable bonds is 9. The van der Waals surface area contributed by atoms with Gasteiger partial charge in [-0.25, -0.2) is 9.79 Å². The van der Waals surface area contributed by atoms with Gasteiger partial charge in [0, 0.05) is 0 Å². The normalized spacial score (nSPS) is 14.0. The van der Waals surface area contributed by atoms with Crippen LogP contribution in [0.25, 0.3) is 0 Å². The molecule has 0 aliphatic heterocycles. The first-order valence-corrected chi connectivity index (χ1v) is 7.72. The van der Waals surface area contributed by atoms with Crippen molar-refractivity contribution in [2.75, 3.05) is 0 Å². The summed E-state index contributed by atoms with van der Waals surface area (Å²) in [6, 6.07) is 0. The molecule has 0 spiro atoms. The second-order valence-corrected chi connectivity index (χ2v) is 6.05. The summed E-state index contributed by atoms with van der Waals surface area (Å²) in [5.41, 5.74) is 0.101. The molecule has 0 N–H and O–H groups in total. The lowest BCUT2D eigenvalue weighted by atomic mass is 10.0. The van der Waals surface area contributed by atoms with Crippen molar-refractivity contribution in [3.05, 3.63) is 0 Å². The molecule has 0 amide bonds. The Hall–Kier alpha value is -0.443. The molecule has 4 heteroatoms. The fourth-order valence-electron chi connectivity index (χ4n) is 1.45. The fraction of sp³-hybridized carbons (Fsp3) is 0.917. The zero-order chi connectivity index (χ0) is 12.4. The third-order valence-electron chi connectivity index (χ3n) is 3.25. The first-order valence-electron chi connectivity index (χ1n) is 6.32. The predicted molar refractivity (Wildman–Crippen MR) is 70.1 cm³/mol. The molecule has 3 nitrogen and oxygen atoms in total. The average Bonchev–Trinajstić information content (AvgIpc) is 2.32. The van der Waals surface area contributed by atoms with Crippen LogP contribution in [0.3, 0.4) is 0 Å². The molecule has 1 atom stereocenters. The Labute approximate surface area is 102 Å². The first kappa shape index (κ1) is 15.6. The van der Waals surface area contributed by atoms with Crippen LogP contribution in [0.15, 0.2) is 4.99 Å². The largest absolute Gasteiger partial charge is 0.417 e. The molecule has 0 rings (SSSR count). The van der Waals surface area contributed by atoms with Crippen LogP contribution >= 0.6 is 0 Å². The molecule has 94 valence electrons. The average molecular weight is 243 g/mol. The molecule has 1 unspecified atom stereocenters. The van der Waals surface area contributed by atoms with Crippen LogP contribution in [-0.2, 0) is 9.22 Å². The van der Waals surface area contributed by atoms with Crippen LogP contribution in [-0.4, -0.2) is 27.1 Å². The van der Waals surface area contributed by atoms with E-state index in [1.165, 1.54) is 0 Å². The summed E-state index contributed by atoms with van der Waals surface area (Å²) in [7, 11) is -0.761. The number of unbranched alkanes of at least 4 members (excludes halogenated alkanes) is 1. The van der Waals surface area contributed by atoms with Gasteiger partial charge < -0.3 is 4.43 Å². The van der Waals surface area contributed by atoms with Crippen LogP contribution in [0.1, 0.15) is 59.8 Å². The molecule has 0 aliphatic carbocycles. The maximum absolute atomic E-state index is 10.3. The maximum atomic E-state index is 10.3. The van der Waals surface area contributed by atoms with Crippen LogP contribution < -0.4 is 0 Å². The van der Waals surface area contributed by atoms with Gasteiger partial charge in [-0.3, -0.25) is 0 Å². The van der Waals surface area contributed by atoms with Crippen LogP contribution in [0, 0.1) is 0 Å². The molecular weight excluding hydrogens is 218 g/mol. The fourth-order valence-corrected chi connectivity index (χ4v) is 3.06. The van der Waals surface area contributed by atoms with E-state index in [-0.39, 0.29) is 11.3 Å². The van der Waals surface area contributed by atoms with Gasteiger partial charge in [0.25, 0.3) is 0 Å². The summed E-state index contributed by atoms with van der Waals surface area (Å²) in [4.78, 5) is 14.2. The molecule has 0 heterocycles. The lowest BCUT2D eigenvalue weighted by molar-refractivity contribution is 0.0829. The van der Waals surface area contributed by atoms with Gasteiger partial charge >= 0.3 is 0 Å². The van der Waals surface area contributed by atoms with Crippen LogP contribution in [0.4, 0.5) is 0 Å². The van der Waals surface area contributed by atoms with E-state index in [9.17, 15) is 4.79 Å². The molecule has 0 bridgehead atoms. The monoisotopic (exact) mass is 243 g/mol. The van der Waals surface area contributed by atoms with Gasteiger partial charge in [0.15, 0.2) is 9.76 Å². The van der Waals surface area contributed by atoms with Crippen LogP contribution in [0.5, 0.6) is 0 Å². The predicted octanol–water partition coefficient (Wildman–Crippen LogP) is 2.52. The SMILES string of the molecule is CCCCC(N=C=O)[SiH2]OC(C)(CC)CC. The van der Waals surface area contributed by atoms with Gasteiger partial charge in [-0.15, -0.1) is 0 Å². The number of hydrogen-bond donors (Lipinski definition) is 0. The minimum Gasteiger partial charge on any atom is -0.417 e. The topological polar surface area (TPSA) is 38.7 Å². The number of nitrogens with zero attached hydrogens (tertiary/aromatic N) is 1. The van der Waals surface area contributed by atoms with Crippen molar-refractivity contribution in [1.82, 2.24) is 0 Å². The van der Waals surface area contributed by atoms with Crippen LogP contribution in [0.2, 0.25) is 0 Å². The number of aliphatic imine (C=N–C) groups is 1. The molecule has 0 aromatic rings. The number of hydrogen-bond acceptors (Lipinski definition) is 3. The van der Waals surface area contributed by atoms with E-state index in [1.54, 1.807) is 6.08 Å². The maximum Gasteiger partial charge on any atom is 0.234 e. The summed E-state index contributed by atoms with van der Waals surface area (Å²) in [5, 5.41) is 0. The van der Waals surface area contributed by atoms with E-state index in [4.69, 9.17) is 4.43 Å². The van der Waals surface area contributed by atoms with Crippen molar-refractivity contribution >= 4 is 15.8 Å². The van der Waals surface area contributed by atoms with E-state index < -0.39 is 9.76 Å². The Morgan fingerprint density at radius 1 is 1.38 bits per heavy atom. The van der Waals surface area contributed by atoms with Gasteiger partial charge in [-0.05, 0) is 26.2 Å². The summed E-state index contributed by atoms with van der Waals surface area (Å²) >= 11 is 0. The standard InChI is InChI=1S/C12H25NO2Si/c1-5-8-9-11(13-10-14)16-15-12(4,6-2)7-3/h11H,5-9,16H2,1-4H3. The minimum absolute atomic E-state index is 0.0188. The van der Waals surface area contributed by atoms with Gasteiger partial charge in [-0.2, -0.15) is 0 Å². The zero-order valence-electron chi connectivity index (χ0n) is 11.1. The Morgan fingerprint density at radius 2 is 2.00 bits per heavy atom. The second kappa shape index (κ2) is 8.68. The molecular formula is C12H25NO2Si. The highest BCUT2D eigenvalue weighted by Gasteiger charge is 2.21. The highest BCUT2D eigenvalue weighted by atomic mass is 28.2. The van der Waals surface area contributed by atoms with Crippen molar-refractivity contribution < 1.29 is 9.22 Å². The van der Waals surface area contributed by atoms with Gasteiger partial charge in [-0.1, -0.05) is 33.6 Å². The summed E-state index contributed by atoms with van der Waals surface area (Å²) < 4.78 is 6.01. The molecule has 0 aromatic carbocycles. The third-order valence-corrected chi connectivity index (χ3v) is 5.09. The molecule has 0 saturated carbocycles. The molecule has 0 radical (unpaired) electrons. The lowest BCUT2D eigenvalue weighted by Gasteiger charge is -2.29. The number of carbonyl (C=O) groups excluding carboxylic acids is 1. The number of isocyanates is 1. The van der Waals surface area contributed by atoms with E-state index in [1.807, 2.05) is 0 Å². The molecule has 0 fully saturated rings. The van der Waals surface area contributed by atoms with Crippen molar-refractivity contribution in [3.63, 3.8) is 0 Å². The smallest absolute Gasteiger partial charge is 0.234 e. The van der Waals surface area contributed by atoms with Gasteiger partial charge in [0.2, 0.25) is 6.08 Å². The Balaban J connectivity index is 4.14. The molecule has 0 saturated heterocycles. The van der Waals surface area contributed by atoms with Crippen molar-refractivity contribution in [2.24, 2.45) is 4.99 Å². The first-order chi connectivity index (χ1) is 7.61. The second-order valence-electron chi connectivity index (χ2n) is 4.48. The lowest BCUT2D eigenvalue weighted by Crippen LogP contribution is -2.32. The summed E-state index contributed by atoms with van der Waals surface area (Å²) in [6.07, 6.45) is 6.93. The summed E-state index contributed by atoms with van der Waals surface area (Å²) in [5.74, 6) is 0. The molecule has 0 aliphatic rings. The Bertz CT molecular complexity index is 223. The summed E-state index contributed by atoms with van der Waals surface area (Å²) in [6.45, 7) is 8.57. The zero-order valence-corrected chi connectivity index (χ0v) is 12.5. The van der Waals surface area contributed by atoms with Gasteiger partial charge in [0.05, 0.1) is 11.3 Å². The Morgan fingerprint density at radius 3 is 2.44 bits per heavy atom. The molecule has 0 aromatic heterocycles. The highest BCUT2D eigenvalue weighted by molar-refractivity contribution is 6.30. The van der Waals surface area contributed by atoms with E-state index in [0.29, 0.717) is 0 Å². The van der Waals surface area contributed by atoms with E-state index in [0.717, 1.165) is 32.1 Å². The third kappa shape index (κ3) is 6.21. The van der Waals surface area contributed by atoms with E-state index >= 15 is 0 Å². The van der Waals surface area contributed by atoms with Crippen molar-refractivity contribution in [1.29, 1.82) is 0 Å². The van der Waals surface area contributed by atoms with Gasteiger partial charge in [0.1, 0.15) is 0 Å².